The first kappa shape index (κ1) is 16.3. The predicted molar refractivity (Wildman–Crippen MR) is 83.6 cm³/mol. The van der Waals surface area contributed by atoms with Crippen LogP contribution in [-0.4, -0.2) is 22.9 Å². The molecule has 2 aliphatic rings. The van der Waals surface area contributed by atoms with Crippen LogP contribution in [0.5, 0.6) is 0 Å². The third kappa shape index (κ3) is 3.78. The van der Waals surface area contributed by atoms with Crippen molar-refractivity contribution in [1.29, 1.82) is 0 Å². The lowest BCUT2D eigenvalue weighted by Crippen LogP contribution is -2.52. The average Bonchev–Trinajstić information content (AvgIpc) is 2.82. The van der Waals surface area contributed by atoms with Crippen LogP contribution in [0.2, 0.25) is 0 Å². The second-order valence-electron chi connectivity index (χ2n) is 8.86. The molecule has 2 fully saturated rings. The van der Waals surface area contributed by atoms with Crippen LogP contribution in [0.25, 0.3) is 0 Å². The fourth-order valence-corrected chi connectivity index (χ4v) is 3.95. The van der Waals surface area contributed by atoms with Gasteiger partial charge in [0, 0.05) is 11.1 Å². The van der Waals surface area contributed by atoms with Gasteiger partial charge in [0.25, 0.3) is 0 Å². The molecular formula is C17H30N2O2. The second kappa shape index (κ2) is 5.29. The van der Waals surface area contributed by atoms with Crippen LogP contribution < -0.4 is 10.6 Å². The Morgan fingerprint density at radius 2 is 1.10 bits per heavy atom. The molecule has 0 radical (unpaired) electrons. The molecule has 0 spiro atoms. The van der Waals surface area contributed by atoms with Crippen LogP contribution in [0, 0.1) is 23.7 Å². The average molecular weight is 294 g/mol. The third-order valence-electron chi connectivity index (χ3n) is 4.52. The van der Waals surface area contributed by atoms with E-state index in [-0.39, 0.29) is 34.7 Å². The Kier molecular flexibility index (Phi) is 4.11. The molecule has 0 unspecified atom stereocenters. The molecule has 4 heteroatoms. The topological polar surface area (TPSA) is 58.2 Å². The SMILES string of the molecule is CC(C)(C)NC(=O)[C@H]1[C@H]2CC[C@@H](C2)[C@@H]1C(=O)NC(C)(C)C. The first-order chi connectivity index (χ1) is 9.48. The number of nitrogens with one attached hydrogen (secondary N) is 2. The van der Waals surface area contributed by atoms with Crippen molar-refractivity contribution >= 4 is 11.8 Å². The van der Waals surface area contributed by atoms with Gasteiger partial charge in [0.1, 0.15) is 0 Å². The Labute approximate surface area is 128 Å². The van der Waals surface area contributed by atoms with Gasteiger partial charge >= 0.3 is 0 Å². The summed E-state index contributed by atoms with van der Waals surface area (Å²) in [7, 11) is 0. The van der Waals surface area contributed by atoms with Crippen LogP contribution in [0.15, 0.2) is 0 Å². The summed E-state index contributed by atoms with van der Waals surface area (Å²) in [5.74, 6) is 0.587. The summed E-state index contributed by atoms with van der Waals surface area (Å²) in [6.45, 7) is 11.9. The summed E-state index contributed by atoms with van der Waals surface area (Å²) in [4.78, 5) is 25.3. The van der Waals surface area contributed by atoms with Gasteiger partial charge in [-0.05, 0) is 72.6 Å². The number of fused-ring (bicyclic) bond motifs is 2. The van der Waals surface area contributed by atoms with Crippen molar-refractivity contribution in [3.05, 3.63) is 0 Å². The lowest BCUT2D eigenvalue weighted by Gasteiger charge is -2.34. The van der Waals surface area contributed by atoms with E-state index in [1.807, 2.05) is 41.5 Å². The van der Waals surface area contributed by atoms with Crippen molar-refractivity contribution in [2.75, 3.05) is 0 Å². The van der Waals surface area contributed by atoms with Crippen molar-refractivity contribution in [1.82, 2.24) is 10.6 Å². The maximum atomic E-state index is 12.6. The molecule has 2 aliphatic carbocycles. The zero-order chi connectivity index (χ0) is 16.0. The Morgan fingerprint density at radius 1 is 0.762 bits per heavy atom. The number of amides is 2. The lowest BCUT2D eigenvalue weighted by molar-refractivity contribution is -0.138. The van der Waals surface area contributed by atoms with Crippen LogP contribution >= 0.6 is 0 Å². The maximum absolute atomic E-state index is 12.6. The van der Waals surface area contributed by atoms with Crippen LogP contribution in [-0.2, 0) is 9.59 Å². The number of rotatable bonds is 2. The normalized spacial score (nSPS) is 32.1. The highest BCUT2D eigenvalue weighted by atomic mass is 16.2. The molecule has 2 saturated carbocycles. The van der Waals surface area contributed by atoms with E-state index >= 15 is 0 Å². The molecule has 2 bridgehead atoms. The van der Waals surface area contributed by atoms with E-state index in [1.54, 1.807) is 0 Å². The molecule has 2 amide bonds. The zero-order valence-electron chi connectivity index (χ0n) is 14.2. The molecule has 4 atom stereocenters. The van der Waals surface area contributed by atoms with Gasteiger partial charge in [-0.3, -0.25) is 9.59 Å². The van der Waals surface area contributed by atoms with Gasteiger partial charge in [0.05, 0.1) is 11.8 Å². The largest absolute Gasteiger partial charge is 0.351 e. The molecule has 0 aromatic rings. The van der Waals surface area contributed by atoms with Gasteiger partial charge in [-0.2, -0.15) is 0 Å². The minimum absolute atomic E-state index is 0.0590. The molecule has 4 nitrogen and oxygen atoms in total. The van der Waals surface area contributed by atoms with E-state index in [0.717, 1.165) is 19.3 Å². The summed E-state index contributed by atoms with van der Waals surface area (Å²) in [6, 6.07) is 0. The fraction of sp³-hybridized carbons (Fsp3) is 0.882. The lowest BCUT2D eigenvalue weighted by atomic mass is 9.77. The van der Waals surface area contributed by atoms with Crippen molar-refractivity contribution in [3.63, 3.8) is 0 Å². The highest BCUT2D eigenvalue weighted by Crippen LogP contribution is 2.52. The fourth-order valence-electron chi connectivity index (χ4n) is 3.95. The van der Waals surface area contributed by atoms with Gasteiger partial charge in [-0.1, -0.05) is 0 Å². The first-order valence-electron chi connectivity index (χ1n) is 8.12. The first-order valence-corrected chi connectivity index (χ1v) is 8.12. The predicted octanol–water partition coefficient (Wildman–Crippen LogP) is 2.48. The second-order valence-corrected chi connectivity index (χ2v) is 8.86. The van der Waals surface area contributed by atoms with E-state index in [1.165, 1.54) is 0 Å². The standard InChI is InChI=1S/C17H30N2O2/c1-16(2,3)18-14(20)12-10-7-8-11(9-10)13(12)15(21)19-17(4,5)6/h10-13H,7-9H2,1-6H3,(H,18,20)(H,19,21)/t10-,11-,12-,13-/m0/s1. The number of carbonyl (C=O) groups excluding carboxylic acids is 2. The summed E-state index contributed by atoms with van der Waals surface area (Å²) >= 11 is 0. The monoisotopic (exact) mass is 294 g/mol. The van der Waals surface area contributed by atoms with Crippen molar-refractivity contribution < 1.29 is 9.59 Å². The van der Waals surface area contributed by atoms with Gasteiger partial charge in [-0.25, -0.2) is 0 Å². The van der Waals surface area contributed by atoms with Crippen molar-refractivity contribution in [2.45, 2.75) is 71.9 Å². The minimum atomic E-state index is -0.246. The highest BCUT2D eigenvalue weighted by molar-refractivity contribution is 5.89. The third-order valence-corrected chi connectivity index (χ3v) is 4.52. The molecule has 2 N–H and O–H groups in total. The number of hydrogen-bond acceptors (Lipinski definition) is 2. The molecule has 0 aromatic heterocycles. The number of carbonyl (C=O) groups is 2. The summed E-state index contributed by atoms with van der Waals surface area (Å²) < 4.78 is 0. The van der Waals surface area contributed by atoms with Crippen molar-refractivity contribution in [2.24, 2.45) is 23.7 Å². The maximum Gasteiger partial charge on any atom is 0.224 e. The molecule has 0 heterocycles. The van der Waals surface area contributed by atoms with Gasteiger partial charge in [0.2, 0.25) is 11.8 Å². The molecular weight excluding hydrogens is 264 g/mol. The Balaban J connectivity index is 2.14. The van der Waals surface area contributed by atoms with E-state index in [4.69, 9.17) is 0 Å². The quantitative estimate of drug-likeness (QED) is 0.822. The number of hydrogen-bond donors (Lipinski definition) is 2. The van der Waals surface area contributed by atoms with Crippen LogP contribution in [0.3, 0.4) is 0 Å². The van der Waals surface area contributed by atoms with Gasteiger partial charge in [0.15, 0.2) is 0 Å². The Bertz CT molecular complexity index is 391. The van der Waals surface area contributed by atoms with E-state index in [9.17, 15) is 9.59 Å². The summed E-state index contributed by atoms with van der Waals surface area (Å²) in [5.41, 5.74) is -0.492. The van der Waals surface area contributed by atoms with Crippen LogP contribution in [0.1, 0.15) is 60.8 Å². The van der Waals surface area contributed by atoms with Crippen molar-refractivity contribution in [3.8, 4) is 0 Å². The summed E-state index contributed by atoms with van der Waals surface area (Å²) in [5, 5.41) is 6.15. The van der Waals surface area contributed by atoms with Gasteiger partial charge in [-0.15, -0.1) is 0 Å². The van der Waals surface area contributed by atoms with E-state index in [2.05, 4.69) is 10.6 Å². The molecule has 0 aromatic carbocycles. The molecule has 0 aliphatic heterocycles. The molecule has 2 rings (SSSR count). The van der Waals surface area contributed by atoms with E-state index in [0.29, 0.717) is 11.8 Å². The molecule has 0 saturated heterocycles. The molecule has 120 valence electrons. The zero-order valence-corrected chi connectivity index (χ0v) is 14.2. The molecule has 21 heavy (non-hydrogen) atoms. The summed E-state index contributed by atoms with van der Waals surface area (Å²) in [6.07, 6.45) is 3.21. The van der Waals surface area contributed by atoms with Crippen LogP contribution in [0.4, 0.5) is 0 Å². The smallest absolute Gasteiger partial charge is 0.224 e. The van der Waals surface area contributed by atoms with Gasteiger partial charge < -0.3 is 10.6 Å². The van der Waals surface area contributed by atoms with E-state index < -0.39 is 0 Å². The highest BCUT2D eigenvalue weighted by Gasteiger charge is 2.54. The Hall–Kier alpha value is -1.06. The minimum Gasteiger partial charge on any atom is -0.351 e. The Morgan fingerprint density at radius 3 is 1.38 bits per heavy atom.